The van der Waals surface area contributed by atoms with Crippen LogP contribution in [0.1, 0.15) is 18.9 Å². The molecule has 0 heterocycles. The van der Waals surface area contributed by atoms with Crippen LogP contribution in [0.3, 0.4) is 0 Å². The van der Waals surface area contributed by atoms with Crippen LogP contribution in [0.4, 0.5) is 0 Å². The summed E-state index contributed by atoms with van der Waals surface area (Å²) in [6.45, 7) is 1.92. The van der Waals surface area contributed by atoms with E-state index in [0.29, 0.717) is 0 Å². The highest BCUT2D eigenvalue weighted by atomic mass is 35.5. The summed E-state index contributed by atoms with van der Waals surface area (Å²) >= 11 is 5.96. The zero-order valence-corrected chi connectivity index (χ0v) is 8.42. The Labute approximate surface area is 83.7 Å². The third kappa shape index (κ3) is 3.19. The Balaban J connectivity index is 2.54. The molecule has 0 fully saturated rings. The molecule has 0 radical (unpaired) electrons. The number of aryl methyl sites for hydroxylation is 1. The van der Waals surface area contributed by atoms with Crippen molar-refractivity contribution < 1.29 is 4.79 Å². The van der Waals surface area contributed by atoms with Gasteiger partial charge in [0.15, 0.2) is 0 Å². The fourth-order valence-electron chi connectivity index (χ4n) is 1.15. The zero-order chi connectivity index (χ0) is 9.68. The lowest BCUT2D eigenvalue weighted by molar-refractivity contribution is -0.110. The lowest BCUT2D eigenvalue weighted by Crippen LogP contribution is -1.98. The molecule has 70 valence electrons. The minimum absolute atomic E-state index is 0.122. The van der Waals surface area contributed by atoms with Crippen molar-refractivity contribution >= 4 is 17.9 Å². The van der Waals surface area contributed by atoms with E-state index in [0.717, 1.165) is 29.7 Å². The lowest BCUT2D eigenvalue weighted by Gasteiger charge is -2.05. The molecule has 1 unspecified atom stereocenters. The highest BCUT2D eigenvalue weighted by Crippen LogP contribution is 2.17. The number of halogens is 1. The van der Waals surface area contributed by atoms with Crippen LogP contribution in [-0.4, -0.2) is 6.29 Å². The van der Waals surface area contributed by atoms with Crippen molar-refractivity contribution in [2.45, 2.75) is 19.8 Å². The molecule has 1 atom stereocenters. The number of carbonyl (C=O) groups excluding carboxylic acids is 1. The van der Waals surface area contributed by atoms with Gasteiger partial charge in [-0.2, -0.15) is 0 Å². The van der Waals surface area contributed by atoms with E-state index in [-0.39, 0.29) is 5.92 Å². The maximum absolute atomic E-state index is 10.4. The zero-order valence-electron chi connectivity index (χ0n) is 7.66. The minimum atomic E-state index is 0.122. The topological polar surface area (TPSA) is 17.1 Å². The van der Waals surface area contributed by atoms with Gasteiger partial charge in [-0.15, -0.1) is 0 Å². The Hall–Kier alpha value is -0.820. The lowest BCUT2D eigenvalue weighted by atomic mass is 10.0. The van der Waals surface area contributed by atoms with Crippen molar-refractivity contribution in [2.75, 3.05) is 0 Å². The van der Waals surface area contributed by atoms with Crippen molar-refractivity contribution in [3.8, 4) is 0 Å². The molecule has 0 aliphatic heterocycles. The van der Waals surface area contributed by atoms with Gasteiger partial charge >= 0.3 is 0 Å². The largest absolute Gasteiger partial charge is 0.303 e. The van der Waals surface area contributed by atoms with Gasteiger partial charge < -0.3 is 4.79 Å². The van der Waals surface area contributed by atoms with Gasteiger partial charge in [0, 0.05) is 10.9 Å². The average Bonchev–Trinajstić information content (AvgIpc) is 2.16. The maximum atomic E-state index is 10.4. The summed E-state index contributed by atoms with van der Waals surface area (Å²) in [4.78, 5) is 10.4. The average molecular weight is 197 g/mol. The second kappa shape index (κ2) is 5.03. The monoisotopic (exact) mass is 196 g/mol. The number of carbonyl (C=O) groups is 1. The highest BCUT2D eigenvalue weighted by Gasteiger charge is 2.02. The van der Waals surface area contributed by atoms with Gasteiger partial charge in [-0.1, -0.05) is 36.7 Å². The number of benzene rings is 1. The van der Waals surface area contributed by atoms with Crippen LogP contribution in [0.15, 0.2) is 24.3 Å². The van der Waals surface area contributed by atoms with Crippen molar-refractivity contribution in [3.63, 3.8) is 0 Å². The third-order valence-corrected chi connectivity index (χ3v) is 2.43. The van der Waals surface area contributed by atoms with Crippen LogP contribution in [0.25, 0.3) is 0 Å². The van der Waals surface area contributed by atoms with Crippen LogP contribution in [0.2, 0.25) is 5.02 Å². The van der Waals surface area contributed by atoms with Gasteiger partial charge in [-0.3, -0.25) is 0 Å². The molecule has 0 saturated carbocycles. The third-order valence-electron chi connectivity index (χ3n) is 2.06. The Kier molecular flexibility index (Phi) is 3.97. The van der Waals surface area contributed by atoms with E-state index in [1.54, 1.807) is 0 Å². The van der Waals surface area contributed by atoms with Gasteiger partial charge in [0.2, 0.25) is 0 Å². The van der Waals surface area contributed by atoms with Crippen LogP contribution < -0.4 is 0 Å². The molecule has 0 saturated heterocycles. The van der Waals surface area contributed by atoms with Gasteiger partial charge in [0.1, 0.15) is 6.29 Å². The number of hydrogen-bond donors (Lipinski definition) is 0. The van der Waals surface area contributed by atoms with Crippen LogP contribution in [0.5, 0.6) is 0 Å². The fourth-order valence-corrected chi connectivity index (χ4v) is 1.38. The first kappa shape index (κ1) is 10.3. The second-order valence-corrected chi connectivity index (χ2v) is 3.65. The summed E-state index contributed by atoms with van der Waals surface area (Å²) in [6, 6.07) is 7.75. The highest BCUT2D eigenvalue weighted by molar-refractivity contribution is 6.31. The first-order chi connectivity index (χ1) is 6.24. The molecule has 0 aliphatic rings. The van der Waals surface area contributed by atoms with Crippen molar-refractivity contribution in [3.05, 3.63) is 34.9 Å². The first-order valence-electron chi connectivity index (χ1n) is 4.42. The number of rotatable bonds is 4. The molecular weight excluding hydrogens is 184 g/mol. The van der Waals surface area contributed by atoms with Crippen LogP contribution in [-0.2, 0) is 11.2 Å². The van der Waals surface area contributed by atoms with E-state index in [2.05, 4.69) is 0 Å². The number of aldehydes is 1. The SMILES string of the molecule is CC(C=O)CCc1ccccc1Cl. The molecule has 0 spiro atoms. The summed E-state index contributed by atoms with van der Waals surface area (Å²) in [5.41, 5.74) is 1.12. The molecule has 1 nitrogen and oxygen atoms in total. The van der Waals surface area contributed by atoms with E-state index in [4.69, 9.17) is 11.6 Å². The maximum Gasteiger partial charge on any atom is 0.122 e. The summed E-state index contributed by atoms with van der Waals surface area (Å²) in [6.07, 6.45) is 2.73. The molecular formula is C11H13ClO. The van der Waals surface area contributed by atoms with Crippen molar-refractivity contribution in [1.82, 2.24) is 0 Å². The van der Waals surface area contributed by atoms with E-state index < -0.39 is 0 Å². The Morgan fingerprint density at radius 1 is 1.46 bits per heavy atom. The molecule has 13 heavy (non-hydrogen) atoms. The molecule has 0 amide bonds. The summed E-state index contributed by atoms with van der Waals surface area (Å²) in [7, 11) is 0. The molecule has 1 rings (SSSR count). The quantitative estimate of drug-likeness (QED) is 0.677. The molecule has 0 bridgehead atoms. The van der Waals surface area contributed by atoms with Gasteiger partial charge in [-0.25, -0.2) is 0 Å². The van der Waals surface area contributed by atoms with Gasteiger partial charge in [0.25, 0.3) is 0 Å². The van der Waals surface area contributed by atoms with E-state index >= 15 is 0 Å². The van der Waals surface area contributed by atoms with Crippen molar-refractivity contribution in [2.24, 2.45) is 5.92 Å². The van der Waals surface area contributed by atoms with Crippen LogP contribution in [0, 0.1) is 5.92 Å². The van der Waals surface area contributed by atoms with Gasteiger partial charge in [-0.05, 0) is 24.5 Å². The van der Waals surface area contributed by atoms with E-state index in [1.165, 1.54) is 0 Å². The normalized spacial score (nSPS) is 12.5. The Morgan fingerprint density at radius 3 is 2.77 bits per heavy atom. The molecule has 1 aromatic carbocycles. The van der Waals surface area contributed by atoms with E-state index in [9.17, 15) is 4.79 Å². The van der Waals surface area contributed by atoms with Crippen molar-refractivity contribution in [1.29, 1.82) is 0 Å². The first-order valence-corrected chi connectivity index (χ1v) is 4.80. The predicted octanol–water partition coefficient (Wildman–Crippen LogP) is 3.11. The van der Waals surface area contributed by atoms with Gasteiger partial charge in [0.05, 0.1) is 0 Å². The Morgan fingerprint density at radius 2 is 2.15 bits per heavy atom. The summed E-state index contributed by atoms with van der Waals surface area (Å²) in [5, 5.41) is 0.792. The van der Waals surface area contributed by atoms with E-state index in [1.807, 2.05) is 31.2 Å². The number of hydrogen-bond acceptors (Lipinski definition) is 1. The smallest absolute Gasteiger partial charge is 0.122 e. The van der Waals surface area contributed by atoms with Crippen LogP contribution >= 0.6 is 11.6 Å². The molecule has 1 aromatic rings. The fraction of sp³-hybridized carbons (Fsp3) is 0.364. The molecule has 2 heteroatoms. The molecule has 0 aliphatic carbocycles. The summed E-state index contributed by atoms with van der Waals surface area (Å²) < 4.78 is 0. The molecule has 0 aromatic heterocycles. The molecule has 0 N–H and O–H groups in total. The second-order valence-electron chi connectivity index (χ2n) is 3.24. The summed E-state index contributed by atoms with van der Waals surface area (Å²) in [5.74, 6) is 0.122. The predicted molar refractivity (Wildman–Crippen MR) is 55.0 cm³/mol. The standard InChI is InChI=1S/C11H13ClO/c1-9(8-13)6-7-10-4-2-3-5-11(10)12/h2-5,8-9H,6-7H2,1H3. The minimum Gasteiger partial charge on any atom is -0.303 e. The Bertz CT molecular complexity index is 283.